The van der Waals surface area contributed by atoms with Crippen LogP contribution in [-0.2, 0) is 19.6 Å². The molecule has 8 nitrogen and oxygen atoms in total. The molecule has 0 saturated heterocycles. The molecular formula is C26H26N2O6S. The molecule has 182 valence electrons. The van der Waals surface area contributed by atoms with Crippen LogP contribution >= 0.6 is 0 Å². The minimum absolute atomic E-state index is 0.00442. The van der Waals surface area contributed by atoms with Gasteiger partial charge < -0.3 is 10.1 Å². The number of ketones is 1. The number of hydrogen-bond acceptors (Lipinski definition) is 6. The molecule has 3 aromatic carbocycles. The van der Waals surface area contributed by atoms with Crippen LogP contribution in [0, 0.1) is 6.92 Å². The van der Waals surface area contributed by atoms with Gasteiger partial charge in [0.15, 0.2) is 12.4 Å². The van der Waals surface area contributed by atoms with Crippen LogP contribution in [0.15, 0.2) is 77.7 Å². The van der Waals surface area contributed by atoms with Crippen LogP contribution in [0.25, 0.3) is 0 Å². The summed E-state index contributed by atoms with van der Waals surface area (Å²) in [5, 5.41) is 2.54. The van der Waals surface area contributed by atoms with Crippen LogP contribution in [0.3, 0.4) is 0 Å². The Kier molecular flexibility index (Phi) is 8.03. The number of anilines is 2. The highest BCUT2D eigenvalue weighted by Gasteiger charge is 2.26. The zero-order chi connectivity index (χ0) is 25.6. The van der Waals surface area contributed by atoms with Crippen molar-refractivity contribution in [2.75, 3.05) is 22.8 Å². The molecule has 0 aromatic heterocycles. The standard InChI is InChI=1S/C26H26N2O6S/c1-4-28(21-10-6-5-7-11-21)35(32,33)24-16-20(15-14-18(24)2)26(31)34-17-25(30)27-23-13-9-8-12-22(23)19(3)29/h5-16H,4,17H2,1-3H3,(H,27,30). The monoisotopic (exact) mass is 494 g/mol. The van der Waals surface area contributed by atoms with Crippen molar-refractivity contribution >= 4 is 39.1 Å². The molecule has 0 spiro atoms. The molecule has 1 amide bonds. The predicted octanol–water partition coefficient (Wildman–Crippen LogP) is 4.21. The molecule has 0 heterocycles. The van der Waals surface area contributed by atoms with Crippen LogP contribution in [0.4, 0.5) is 11.4 Å². The second-order valence-electron chi connectivity index (χ2n) is 7.71. The van der Waals surface area contributed by atoms with Crippen LogP contribution in [0.5, 0.6) is 0 Å². The summed E-state index contributed by atoms with van der Waals surface area (Å²) in [5.74, 6) is -1.70. The van der Waals surface area contributed by atoms with Crippen molar-refractivity contribution in [1.82, 2.24) is 0 Å². The third-order valence-corrected chi connectivity index (χ3v) is 7.28. The molecule has 9 heteroatoms. The summed E-state index contributed by atoms with van der Waals surface area (Å²) in [6.45, 7) is 4.33. The van der Waals surface area contributed by atoms with E-state index in [1.807, 2.05) is 0 Å². The molecule has 0 aliphatic carbocycles. The Morgan fingerprint density at radius 1 is 0.943 bits per heavy atom. The van der Waals surface area contributed by atoms with Gasteiger partial charge in [0.05, 0.1) is 21.8 Å². The molecule has 0 saturated carbocycles. The smallest absolute Gasteiger partial charge is 0.338 e. The summed E-state index contributed by atoms with van der Waals surface area (Å²) in [4.78, 5) is 36.6. The van der Waals surface area contributed by atoms with Crippen molar-refractivity contribution in [3.8, 4) is 0 Å². The van der Waals surface area contributed by atoms with Gasteiger partial charge in [0.2, 0.25) is 0 Å². The van der Waals surface area contributed by atoms with Crippen molar-refractivity contribution in [1.29, 1.82) is 0 Å². The van der Waals surface area contributed by atoms with Gasteiger partial charge in [-0.1, -0.05) is 36.4 Å². The highest BCUT2D eigenvalue weighted by Crippen LogP contribution is 2.26. The number of nitrogens with one attached hydrogen (secondary N) is 1. The highest BCUT2D eigenvalue weighted by molar-refractivity contribution is 7.92. The number of benzene rings is 3. The number of carbonyl (C=O) groups excluding carboxylic acids is 3. The maximum atomic E-state index is 13.4. The molecule has 0 atom stereocenters. The molecule has 3 rings (SSSR count). The molecular weight excluding hydrogens is 468 g/mol. The number of sulfonamides is 1. The van der Waals surface area contributed by atoms with Gasteiger partial charge in [-0.3, -0.25) is 13.9 Å². The number of hydrogen-bond donors (Lipinski definition) is 1. The lowest BCUT2D eigenvalue weighted by molar-refractivity contribution is -0.119. The predicted molar refractivity (Wildman–Crippen MR) is 133 cm³/mol. The average molecular weight is 495 g/mol. The SMILES string of the molecule is CCN(c1ccccc1)S(=O)(=O)c1cc(C(=O)OCC(=O)Nc2ccccc2C(C)=O)ccc1C. The van der Waals surface area contributed by atoms with E-state index in [4.69, 9.17) is 4.74 Å². The fourth-order valence-electron chi connectivity index (χ4n) is 3.51. The number of Topliss-reactive ketones (excluding diaryl/α,β-unsaturated/α-hetero) is 1. The number of esters is 1. The summed E-state index contributed by atoms with van der Waals surface area (Å²) in [7, 11) is -3.96. The first-order chi connectivity index (χ1) is 16.6. The maximum Gasteiger partial charge on any atom is 0.338 e. The lowest BCUT2D eigenvalue weighted by Gasteiger charge is -2.24. The summed E-state index contributed by atoms with van der Waals surface area (Å²) < 4.78 is 33.1. The molecule has 0 bridgehead atoms. The second kappa shape index (κ2) is 11.0. The highest BCUT2D eigenvalue weighted by atomic mass is 32.2. The summed E-state index contributed by atoms with van der Waals surface area (Å²) in [6.07, 6.45) is 0. The van der Waals surface area contributed by atoms with Crippen LogP contribution < -0.4 is 9.62 Å². The van der Waals surface area contributed by atoms with E-state index < -0.39 is 28.5 Å². The number of carbonyl (C=O) groups is 3. The summed E-state index contributed by atoms with van der Waals surface area (Å²) in [5.41, 5.74) is 1.61. The lowest BCUT2D eigenvalue weighted by Crippen LogP contribution is -2.31. The third kappa shape index (κ3) is 5.93. The largest absolute Gasteiger partial charge is 0.452 e. The molecule has 0 unspecified atom stereocenters. The van der Waals surface area contributed by atoms with E-state index in [1.165, 1.54) is 29.4 Å². The van der Waals surface area contributed by atoms with E-state index in [1.54, 1.807) is 68.4 Å². The number of para-hydroxylation sites is 2. The Morgan fingerprint density at radius 2 is 1.60 bits per heavy atom. The zero-order valence-corrected chi connectivity index (χ0v) is 20.5. The van der Waals surface area contributed by atoms with Crippen molar-refractivity contribution in [2.45, 2.75) is 25.7 Å². The summed E-state index contributed by atoms with van der Waals surface area (Å²) in [6, 6.07) is 19.4. The molecule has 0 aliphatic heterocycles. The molecule has 0 radical (unpaired) electrons. The van der Waals surface area contributed by atoms with Gasteiger partial charge in [0.25, 0.3) is 15.9 Å². The fourth-order valence-corrected chi connectivity index (χ4v) is 5.24. The third-order valence-electron chi connectivity index (χ3n) is 5.24. The molecule has 0 aliphatic rings. The van der Waals surface area contributed by atoms with Gasteiger partial charge in [0.1, 0.15) is 0 Å². The number of ether oxygens (including phenoxy) is 1. The Hall–Kier alpha value is -3.98. The average Bonchev–Trinajstić information content (AvgIpc) is 2.84. The first-order valence-electron chi connectivity index (χ1n) is 10.9. The first kappa shape index (κ1) is 25.6. The van der Waals surface area contributed by atoms with Gasteiger partial charge >= 0.3 is 5.97 Å². The minimum Gasteiger partial charge on any atom is -0.452 e. The Morgan fingerprint density at radius 3 is 2.26 bits per heavy atom. The van der Waals surface area contributed by atoms with Crippen molar-refractivity contribution in [2.24, 2.45) is 0 Å². The zero-order valence-electron chi connectivity index (χ0n) is 19.6. The number of nitrogens with zero attached hydrogens (tertiary/aromatic N) is 1. The normalized spacial score (nSPS) is 10.9. The van der Waals surface area contributed by atoms with Gasteiger partial charge in [-0.15, -0.1) is 0 Å². The molecule has 1 N–H and O–H groups in total. The quantitative estimate of drug-likeness (QED) is 0.353. The van der Waals surface area contributed by atoms with E-state index in [-0.39, 0.29) is 22.8 Å². The fraction of sp³-hybridized carbons (Fsp3) is 0.192. The van der Waals surface area contributed by atoms with E-state index in [0.717, 1.165) is 0 Å². The van der Waals surface area contributed by atoms with E-state index in [2.05, 4.69) is 5.32 Å². The maximum absolute atomic E-state index is 13.4. The minimum atomic E-state index is -3.96. The van der Waals surface area contributed by atoms with Gasteiger partial charge in [0, 0.05) is 12.1 Å². The van der Waals surface area contributed by atoms with Crippen molar-refractivity contribution < 1.29 is 27.5 Å². The van der Waals surface area contributed by atoms with Crippen molar-refractivity contribution in [3.05, 3.63) is 89.5 Å². The van der Waals surface area contributed by atoms with Gasteiger partial charge in [-0.05, 0) is 62.7 Å². The molecule has 0 fully saturated rings. The van der Waals surface area contributed by atoms with Crippen LogP contribution in [0.2, 0.25) is 0 Å². The van der Waals surface area contributed by atoms with Gasteiger partial charge in [-0.2, -0.15) is 0 Å². The number of rotatable bonds is 9. The first-order valence-corrected chi connectivity index (χ1v) is 12.3. The Labute approximate surface area is 204 Å². The van der Waals surface area contributed by atoms with Crippen LogP contribution in [0.1, 0.15) is 40.1 Å². The number of amides is 1. The lowest BCUT2D eigenvalue weighted by atomic mass is 10.1. The van der Waals surface area contributed by atoms with E-state index >= 15 is 0 Å². The Bertz CT molecular complexity index is 1350. The molecule has 35 heavy (non-hydrogen) atoms. The second-order valence-corrected chi connectivity index (χ2v) is 9.54. The number of aryl methyl sites for hydroxylation is 1. The van der Waals surface area contributed by atoms with Gasteiger partial charge in [-0.25, -0.2) is 13.2 Å². The molecule has 3 aromatic rings. The summed E-state index contributed by atoms with van der Waals surface area (Å²) >= 11 is 0. The topological polar surface area (TPSA) is 110 Å². The van der Waals surface area contributed by atoms with E-state index in [9.17, 15) is 22.8 Å². The van der Waals surface area contributed by atoms with Crippen molar-refractivity contribution in [3.63, 3.8) is 0 Å². The van der Waals surface area contributed by atoms with Crippen LogP contribution in [-0.4, -0.2) is 39.2 Å². The van der Waals surface area contributed by atoms with E-state index in [0.29, 0.717) is 22.5 Å². The Balaban J connectivity index is 1.76.